The molecule has 10 heteroatoms. The van der Waals surface area contributed by atoms with Crippen LogP contribution in [0.15, 0.2) is 35.7 Å². The molecule has 0 atom stereocenters. The molecular weight excluding hydrogens is 373 g/mol. The largest absolute Gasteiger partial charge is 0.366 e. The zero-order valence-electron chi connectivity index (χ0n) is 12.1. The zero-order valence-corrected chi connectivity index (χ0v) is 14.5. The minimum absolute atomic E-state index is 0.117. The van der Waals surface area contributed by atoms with Crippen LogP contribution in [0.2, 0.25) is 5.02 Å². The lowest BCUT2D eigenvalue weighted by atomic mass is 10.1. The van der Waals surface area contributed by atoms with Crippen molar-refractivity contribution in [2.24, 2.45) is 0 Å². The van der Waals surface area contributed by atoms with E-state index in [0.29, 0.717) is 0 Å². The molecule has 2 aromatic heterocycles. The van der Waals surface area contributed by atoms with Crippen molar-refractivity contribution in [3.8, 4) is 0 Å². The van der Waals surface area contributed by atoms with Crippen LogP contribution in [0.3, 0.4) is 0 Å². The topological polar surface area (TPSA) is 77.9 Å². The SMILES string of the molecule is Nc1nn(CC(=O)c2ccc(F)c(Cl)c2)c(=S)n1Nc1cccs1. The number of benzene rings is 1. The zero-order chi connectivity index (χ0) is 17.3. The molecule has 3 N–H and O–H groups in total. The average molecular weight is 384 g/mol. The van der Waals surface area contributed by atoms with Gasteiger partial charge >= 0.3 is 0 Å². The summed E-state index contributed by atoms with van der Waals surface area (Å²) in [7, 11) is 0. The summed E-state index contributed by atoms with van der Waals surface area (Å²) in [5.74, 6) is -0.773. The van der Waals surface area contributed by atoms with Crippen LogP contribution < -0.4 is 11.2 Å². The summed E-state index contributed by atoms with van der Waals surface area (Å²) >= 11 is 12.5. The van der Waals surface area contributed by atoms with E-state index in [1.54, 1.807) is 0 Å². The van der Waals surface area contributed by atoms with Gasteiger partial charge in [0.15, 0.2) is 5.78 Å². The molecule has 0 saturated heterocycles. The molecule has 0 spiro atoms. The van der Waals surface area contributed by atoms with E-state index in [1.165, 1.54) is 32.8 Å². The maximum absolute atomic E-state index is 13.2. The summed E-state index contributed by atoms with van der Waals surface area (Å²) in [6.07, 6.45) is 0. The monoisotopic (exact) mass is 383 g/mol. The van der Waals surface area contributed by atoms with E-state index in [0.717, 1.165) is 11.1 Å². The van der Waals surface area contributed by atoms with Crippen molar-refractivity contribution in [3.05, 3.63) is 56.9 Å². The number of anilines is 2. The van der Waals surface area contributed by atoms with E-state index in [-0.39, 0.29) is 33.6 Å². The highest BCUT2D eigenvalue weighted by Gasteiger charge is 2.14. The molecule has 0 aliphatic heterocycles. The molecular formula is C14H11ClFN5OS2. The van der Waals surface area contributed by atoms with E-state index < -0.39 is 5.82 Å². The average Bonchev–Trinajstić information content (AvgIpc) is 3.14. The first-order chi connectivity index (χ1) is 11.5. The van der Waals surface area contributed by atoms with Gasteiger partial charge in [0.1, 0.15) is 17.4 Å². The number of nitrogen functional groups attached to an aromatic ring is 1. The molecule has 124 valence electrons. The third-order valence-corrected chi connectivity index (χ3v) is 4.60. The Balaban J connectivity index is 1.84. The summed E-state index contributed by atoms with van der Waals surface area (Å²) in [4.78, 5) is 12.3. The third-order valence-electron chi connectivity index (χ3n) is 3.14. The maximum atomic E-state index is 13.2. The van der Waals surface area contributed by atoms with Gasteiger partial charge in [0.2, 0.25) is 10.7 Å². The predicted molar refractivity (Wildman–Crippen MR) is 94.5 cm³/mol. The molecule has 0 aliphatic rings. The lowest BCUT2D eigenvalue weighted by Crippen LogP contribution is -2.14. The van der Waals surface area contributed by atoms with Gasteiger partial charge in [-0.25, -0.2) is 9.07 Å². The van der Waals surface area contributed by atoms with Crippen LogP contribution in [0.5, 0.6) is 0 Å². The van der Waals surface area contributed by atoms with E-state index in [2.05, 4.69) is 10.5 Å². The summed E-state index contributed by atoms with van der Waals surface area (Å²) in [5, 5.41) is 6.67. The fraction of sp³-hybridized carbons (Fsp3) is 0.0714. The molecule has 0 amide bonds. The molecule has 0 radical (unpaired) electrons. The van der Waals surface area contributed by atoms with Gasteiger partial charge in [-0.05, 0) is 47.9 Å². The van der Waals surface area contributed by atoms with Gasteiger partial charge in [0, 0.05) is 5.56 Å². The first-order valence-corrected chi connectivity index (χ1v) is 8.36. The van der Waals surface area contributed by atoms with Gasteiger partial charge in [-0.2, -0.15) is 4.68 Å². The Morgan fingerprint density at radius 2 is 2.25 bits per heavy atom. The van der Waals surface area contributed by atoms with Crippen LogP contribution in [0.25, 0.3) is 0 Å². The molecule has 3 aromatic rings. The molecule has 0 unspecified atom stereocenters. The second kappa shape index (κ2) is 6.71. The number of ketones is 1. The van der Waals surface area contributed by atoms with E-state index in [9.17, 15) is 9.18 Å². The van der Waals surface area contributed by atoms with Crippen LogP contribution in [-0.4, -0.2) is 20.2 Å². The van der Waals surface area contributed by atoms with Crippen molar-refractivity contribution in [3.63, 3.8) is 0 Å². The van der Waals surface area contributed by atoms with Gasteiger partial charge in [0.05, 0.1) is 5.02 Å². The van der Waals surface area contributed by atoms with Gasteiger partial charge in [-0.1, -0.05) is 11.6 Å². The van der Waals surface area contributed by atoms with Crippen LogP contribution in [0.4, 0.5) is 15.3 Å². The highest BCUT2D eigenvalue weighted by atomic mass is 35.5. The van der Waals surface area contributed by atoms with E-state index in [1.807, 2.05) is 17.5 Å². The Bertz CT molecular complexity index is 951. The van der Waals surface area contributed by atoms with Crippen molar-refractivity contribution in [1.82, 2.24) is 14.5 Å². The van der Waals surface area contributed by atoms with Gasteiger partial charge < -0.3 is 5.73 Å². The van der Waals surface area contributed by atoms with Crippen molar-refractivity contribution in [2.45, 2.75) is 6.54 Å². The van der Waals surface area contributed by atoms with Crippen molar-refractivity contribution in [1.29, 1.82) is 0 Å². The molecule has 2 heterocycles. The molecule has 3 rings (SSSR count). The number of halogens is 2. The lowest BCUT2D eigenvalue weighted by molar-refractivity contribution is 0.0967. The fourth-order valence-electron chi connectivity index (χ4n) is 1.98. The Labute approximate surface area is 150 Å². The molecule has 0 fully saturated rings. The number of carbonyl (C=O) groups excluding carboxylic acids is 1. The number of nitrogens with zero attached hydrogens (tertiary/aromatic N) is 3. The normalized spacial score (nSPS) is 10.8. The number of carbonyl (C=O) groups is 1. The Morgan fingerprint density at radius 3 is 2.92 bits per heavy atom. The van der Waals surface area contributed by atoms with E-state index in [4.69, 9.17) is 29.6 Å². The second-order valence-electron chi connectivity index (χ2n) is 4.78. The quantitative estimate of drug-likeness (QED) is 0.520. The molecule has 24 heavy (non-hydrogen) atoms. The summed E-state index contributed by atoms with van der Waals surface area (Å²) in [6, 6.07) is 7.50. The molecule has 0 saturated carbocycles. The number of hydrogen-bond acceptors (Lipinski definition) is 6. The Morgan fingerprint density at radius 1 is 1.46 bits per heavy atom. The number of rotatable bonds is 5. The molecule has 6 nitrogen and oxygen atoms in total. The predicted octanol–water partition coefficient (Wildman–Crippen LogP) is 3.61. The smallest absolute Gasteiger partial charge is 0.240 e. The standard InChI is InChI=1S/C14H11ClFN5OS2/c15-9-6-8(3-4-10(9)16)11(22)7-20-14(23)21(13(17)19-20)18-12-2-1-5-24-12/h1-6,18H,7H2,(H2,17,19). The summed E-state index contributed by atoms with van der Waals surface area (Å²) in [5.41, 5.74) is 9.12. The number of Topliss-reactive ketones (excluding diaryl/α,β-unsaturated/α-hetero) is 1. The molecule has 1 aromatic carbocycles. The second-order valence-corrected chi connectivity index (χ2v) is 6.50. The third kappa shape index (κ3) is 3.32. The van der Waals surface area contributed by atoms with Gasteiger partial charge in [-0.3, -0.25) is 10.2 Å². The van der Waals surface area contributed by atoms with E-state index >= 15 is 0 Å². The summed E-state index contributed by atoms with van der Waals surface area (Å²) < 4.78 is 16.1. The summed E-state index contributed by atoms with van der Waals surface area (Å²) in [6.45, 7) is -0.135. The number of nitrogens with two attached hydrogens (primary N) is 1. The van der Waals surface area contributed by atoms with Crippen molar-refractivity contribution < 1.29 is 9.18 Å². The Hall–Kier alpha value is -2.23. The number of aromatic nitrogens is 3. The highest BCUT2D eigenvalue weighted by molar-refractivity contribution is 7.71. The minimum Gasteiger partial charge on any atom is -0.366 e. The van der Waals surface area contributed by atoms with Crippen LogP contribution in [0, 0.1) is 10.6 Å². The molecule has 0 aliphatic carbocycles. The van der Waals surface area contributed by atoms with Gasteiger partial charge in [0.25, 0.3) is 0 Å². The number of hydrogen-bond donors (Lipinski definition) is 2. The van der Waals surface area contributed by atoms with Crippen molar-refractivity contribution in [2.75, 3.05) is 11.2 Å². The van der Waals surface area contributed by atoms with Crippen LogP contribution >= 0.6 is 35.2 Å². The first-order valence-electron chi connectivity index (χ1n) is 6.70. The number of nitrogens with one attached hydrogen (secondary N) is 1. The highest BCUT2D eigenvalue weighted by Crippen LogP contribution is 2.18. The van der Waals surface area contributed by atoms with Gasteiger partial charge in [-0.15, -0.1) is 16.4 Å². The minimum atomic E-state index is -0.585. The van der Waals surface area contributed by atoms with Crippen LogP contribution in [-0.2, 0) is 6.54 Å². The Kier molecular flexibility index (Phi) is 4.65. The fourth-order valence-corrected chi connectivity index (χ4v) is 3.01. The maximum Gasteiger partial charge on any atom is 0.240 e. The van der Waals surface area contributed by atoms with Crippen molar-refractivity contribution >= 4 is 51.9 Å². The first kappa shape index (κ1) is 16.6. The lowest BCUT2D eigenvalue weighted by Gasteiger charge is -2.05. The molecule has 0 bridgehead atoms. The van der Waals surface area contributed by atoms with Crippen LogP contribution in [0.1, 0.15) is 10.4 Å². The number of thiophene rings is 1.